The summed E-state index contributed by atoms with van der Waals surface area (Å²) in [6.07, 6.45) is 4.41. The summed E-state index contributed by atoms with van der Waals surface area (Å²) in [6.45, 7) is 26.0. The second-order valence-corrected chi connectivity index (χ2v) is 14.6. The summed E-state index contributed by atoms with van der Waals surface area (Å²) in [6, 6.07) is 0.666. The molecule has 0 saturated heterocycles. The molecule has 0 bridgehead atoms. The molecule has 0 aliphatic heterocycles. The van der Waals surface area contributed by atoms with E-state index >= 15 is 0 Å². The van der Waals surface area contributed by atoms with Crippen LogP contribution in [0.25, 0.3) is 0 Å². The van der Waals surface area contributed by atoms with Gasteiger partial charge in [0.15, 0.2) is 0 Å². The summed E-state index contributed by atoms with van der Waals surface area (Å²) in [7, 11) is -1.19. The van der Waals surface area contributed by atoms with Gasteiger partial charge in [0, 0.05) is 59.3 Å². The van der Waals surface area contributed by atoms with E-state index < -0.39 is 10.8 Å². The van der Waals surface area contributed by atoms with E-state index in [4.69, 9.17) is 0 Å². The molecule has 0 aromatic carbocycles. The molecule has 0 saturated carbocycles. The van der Waals surface area contributed by atoms with Crippen LogP contribution in [-0.2, 0) is 20.4 Å². The van der Waals surface area contributed by atoms with Gasteiger partial charge in [-0.15, -0.1) is 0 Å². The standard InChI is InChI=1S/C30H60N2O3S/c1-21(2)17-25(9)31(26(10)18-22(3)4)29(33)13-15-36(35)16-14-30(34)32(27(11)19-23(5)6)28(12)20-24(7)8/h21-28H,13-20H2,1-12H3. The van der Waals surface area contributed by atoms with Crippen LogP contribution in [-0.4, -0.2) is 61.5 Å². The average Bonchev–Trinajstić information content (AvgIpc) is 2.68. The van der Waals surface area contributed by atoms with Crippen LogP contribution in [0.2, 0.25) is 0 Å². The van der Waals surface area contributed by atoms with Gasteiger partial charge in [-0.1, -0.05) is 55.4 Å². The number of rotatable bonds is 18. The number of amides is 2. The van der Waals surface area contributed by atoms with E-state index in [-0.39, 0.29) is 48.8 Å². The molecule has 2 amide bonds. The van der Waals surface area contributed by atoms with Crippen LogP contribution in [0, 0.1) is 23.7 Å². The number of carbonyl (C=O) groups excluding carboxylic acids is 2. The molecule has 214 valence electrons. The quantitative estimate of drug-likeness (QED) is 0.194. The lowest BCUT2D eigenvalue weighted by Crippen LogP contribution is -2.46. The minimum atomic E-state index is -1.19. The van der Waals surface area contributed by atoms with Crippen molar-refractivity contribution in [3.63, 3.8) is 0 Å². The Balaban J connectivity index is 5.13. The van der Waals surface area contributed by atoms with E-state index in [9.17, 15) is 13.8 Å². The van der Waals surface area contributed by atoms with E-state index in [1.807, 2.05) is 9.80 Å². The van der Waals surface area contributed by atoms with Gasteiger partial charge in [-0.05, 0) is 77.0 Å². The third-order valence-electron chi connectivity index (χ3n) is 6.81. The van der Waals surface area contributed by atoms with Crippen LogP contribution in [0.3, 0.4) is 0 Å². The largest absolute Gasteiger partial charge is 0.337 e. The lowest BCUT2D eigenvalue weighted by atomic mass is 9.98. The molecule has 0 fully saturated rings. The molecule has 0 radical (unpaired) electrons. The fraction of sp³-hybridized carbons (Fsp3) is 0.933. The highest BCUT2D eigenvalue weighted by Crippen LogP contribution is 2.22. The van der Waals surface area contributed by atoms with E-state index in [2.05, 4.69) is 83.1 Å². The first kappa shape index (κ1) is 35.1. The minimum absolute atomic E-state index is 0.0914. The lowest BCUT2D eigenvalue weighted by Gasteiger charge is -2.37. The van der Waals surface area contributed by atoms with Gasteiger partial charge in [-0.3, -0.25) is 13.8 Å². The molecule has 0 spiro atoms. The zero-order valence-electron chi connectivity index (χ0n) is 25.8. The van der Waals surface area contributed by atoms with Crippen molar-refractivity contribution in [1.82, 2.24) is 9.80 Å². The fourth-order valence-corrected chi connectivity index (χ4v) is 6.81. The summed E-state index contributed by atoms with van der Waals surface area (Å²) in [5.74, 6) is 2.90. The minimum Gasteiger partial charge on any atom is -0.337 e. The van der Waals surface area contributed by atoms with Crippen LogP contribution in [0.4, 0.5) is 0 Å². The van der Waals surface area contributed by atoms with Crippen LogP contribution in [0.15, 0.2) is 0 Å². The van der Waals surface area contributed by atoms with Gasteiger partial charge in [0.05, 0.1) is 0 Å². The monoisotopic (exact) mass is 528 g/mol. The van der Waals surface area contributed by atoms with E-state index in [1.54, 1.807) is 0 Å². The Morgan fingerprint density at radius 1 is 0.500 bits per heavy atom. The number of hydrogen-bond acceptors (Lipinski definition) is 3. The third kappa shape index (κ3) is 14.1. The van der Waals surface area contributed by atoms with Crippen molar-refractivity contribution >= 4 is 22.6 Å². The van der Waals surface area contributed by atoms with Crippen molar-refractivity contribution in [1.29, 1.82) is 0 Å². The van der Waals surface area contributed by atoms with E-state index in [0.717, 1.165) is 25.7 Å². The van der Waals surface area contributed by atoms with Gasteiger partial charge < -0.3 is 9.80 Å². The topological polar surface area (TPSA) is 57.7 Å². The first-order chi connectivity index (χ1) is 16.6. The molecule has 0 N–H and O–H groups in total. The zero-order valence-corrected chi connectivity index (χ0v) is 26.6. The maximum atomic E-state index is 13.2. The molecule has 36 heavy (non-hydrogen) atoms. The van der Waals surface area contributed by atoms with Crippen molar-refractivity contribution in [3.05, 3.63) is 0 Å². The Morgan fingerprint density at radius 3 is 0.917 bits per heavy atom. The van der Waals surface area contributed by atoms with Gasteiger partial charge in [0.1, 0.15) is 0 Å². The van der Waals surface area contributed by atoms with Gasteiger partial charge >= 0.3 is 0 Å². The molecule has 0 rings (SSSR count). The van der Waals surface area contributed by atoms with Gasteiger partial charge in [-0.25, -0.2) is 0 Å². The maximum absolute atomic E-state index is 13.2. The first-order valence-corrected chi connectivity index (χ1v) is 16.0. The molecule has 0 heterocycles. The SMILES string of the molecule is CC(C)CC(C)N(C(=O)CCS(=O)CCC(=O)N(C(C)CC(C)C)C(C)CC(C)C)C(C)CC(C)C. The number of hydrogen-bond donors (Lipinski definition) is 0. The Kier molecular flexibility index (Phi) is 17.1. The number of carbonyl (C=O) groups is 2. The van der Waals surface area contributed by atoms with Gasteiger partial charge in [0.25, 0.3) is 0 Å². The van der Waals surface area contributed by atoms with Crippen LogP contribution in [0.5, 0.6) is 0 Å². The predicted octanol–water partition coefficient (Wildman–Crippen LogP) is 6.91. The molecule has 0 aliphatic carbocycles. The van der Waals surface area contributed by atoms with E-state index in [1.165, 1.54) is 0 Å². The average molecular weight is 529 g/mol. The molecule has 4 unspecified atom stereocenters. The van der Waals surface area contributed by atoms with E-state index in [0.29, 0.717) is 35.2 Å². The highest BCUT2D eigenvalue weighted by Gasteiger charge is 2.28. The summed E-state index contributed by atoms with van der Waals surface area (Å²) >= 11 is 0. The van der Waals surface area contributed by atoms with Crippen molar-refractivity contribution in [3.8, 4) is 0 Å². The summed E-state index contributed by atoms with van der Waals surface area (Å²) in [4.78, 5) is 30.5. The van der Waals surface area contributed by atoms with Crippen molar-refractivity contribution < 1.29 is 13.8 Å². The predicted molar refractivity (Wildman–Crippen MR) is 156 cm³/mol. The molecule has 5 nitrogen and oxygen atoms in total. The molecule has 0 aromatic heterocycles. The Labute approximate surface area is 227 Å². The fourth-order valence-electron chi connectivity index (χ4n) is 5.80. The second kappa shape index (κ2) is 17.6. The zero-order chi connectivity index (χ0) is 28.2. The van der Waals surface area contributed by atoms with Crippen molar-refractivity contribution in [2.45, 2.75) is 146 Å². The first-order valence-electron chi connectivity index (χ1n) is 14.5. The maximum Gasteiger partial charge on any atom is 0.223 e. The normalized spacial score (nSPS) is 16.3. The Morgan fingerprint density at radius 2 is 0.722 bits per heavy atom. The molecule has 0 aliphatic rings. The second-order valence-electron chi connectivity index (χ2n) is 12.9. The molecule has 4 atom stereocenters. The molecular weight excluding hydrogens is 468 g/mol. The van der Waals surface area contributed by atoms with Crippen molar-refractivity contribution in [2.75, 3.05) is 11.5 Å². The van der Waals surface area contributed by atoms with Gasteiger partial charge in [-0.2, -0.15) is 0 Å². The summed E-state index contributed by atoms with van der Waals surface area (Å²) < 4.78 is 12.9. The summed E-state index contributed by atoms with van der Waals surface area (Å²) in [5, 5.41) is 0. The smallest absolute Gasteiger partial charge is 0.223 e. The highest BCUT2D eigenvalue weighted by molar-refractivity contribution is 7.85. The van der Waals surface area contributed by atoms with Gasteiger partial charge in [0.2, 0.25) is 11.8 Å². The molecule has 0 aromatic rings. The van der Waals surface area contributed by atoms with Crippen LogP contribution in [0.1, 0.15) is 122 Å². The van der Waals surface area contributed by atoms with Crippen molar-refractivity contribution in [2.24, 2.45) is 23.7 Å². The highest BCUT2D eigenvalue weighted by atomic mass is 32.2. The Bertz CT molecular complexity index is 577. The summed E-state index contributed by atoms with van der Waals surface area (Å²) in [5.41, 5.74) is 0. The molecular formula is C30H60N2O3S. The van der Waals surface area contributed by atoms with Crippen LogP contribution < -0.4 is 0 Å². The lowest BCUT2D eigenvalue weighted by molar-refractivity contribution is -0.136. The third-order valence-corrected chi connectivity index (χ3v) is 8.13. The number of nitrogens with zero attached hydrogens (tertiary/aromatic N) is 2. The Hall–Kier alpha value is -0.910. The molecule has 6 heteroatoms. The van der Waals surface area contributed by atoms with Crippen LogP contribution >= 0.6 is 0 Å².